The van der Waals surface area contributed by atoms with Gasteiger partial charge in [-0.2, -0.15) is 4.98 Å². The lowest BCUT2D eigenvalue weighted by Crippen LogP contribution is -2.13. The first kappa shape index (κ1) is 17.8. The third-order valence-corrected chi connectivity index (χ3v) is 5.35. The summed E-state index contributed by atoms with van der Waals surface area (Å²) in [6.07, 6.45) is 4.92. The first-order chi connectivity index (χ1) is 12.1. The summed E-state index contributed by atoms with van der Waals surface area (Å²) in [4.78, 5) is 25.0. The average molecular weight is 377 g/mol. The summed E-state index contributed by atoms with van der Waals surface area (Å²) in [6, 6.07) is 0. The normalized spacial score (nSPS) is 11.2. The molecule has 0 radical (unpaired) electrons. The van der Waals surface area contributed by atoms with Gasteiger partial charge in [0.15, 0.2) is 5.13 Å². The van der Waals surface area contributed by atoms with Gasteiger partial charge in [0.25, 0.3) is 5.78 Å². The second-order valence-electron chi connectivity index (χ2n) is 5.65. The zero-order chi connectivity index (χ0) is 17.8. The Morgan fingerprint density at radius 2 is 2.20 bits per heavy atom. The van der Waals surface area contributed by atoms with Crippen LogP contribution in [0.2, 0.25) is 0 Å². The van der Waals surface area contributed by atoms with Crippen molar-refractivity contribution in [2.24, 2.45) is 0 Å². The molecule has 0 fully saturated rings. The number of thioether (sulfide) groups is 1. The number of hydrogen-bond acceptors (Lipinski definition) is 7. The minimum absolute atomic E-state index is 0.122. The molecular formula is C16H20N6OS2. The number of thiazole rings is 1. The number of nitrogens with zero attached hydrogens (tertiary/aromatic N) is 5. The van der Waals surface area contributed by atoms with Crippen LogP contribution in [0.3, 0.4) is 0 Å². The van der Waals surface area contributed by atoms with Crippen LogP contribution in [0.15, 0.2) is 16.7 Å². The van der Waals surface area contributed by atoms with E-state index in [-0.39, 0.29) is 11.7 Å². The van der Waals surface area contributed by atoms with Gasteiger partial charge < -0.3 is 5.32 Å². The van der Waals surface area contributed by atoms with Gasteiger partial charge in [0.05, 0.1) is 5.75 Å². The second kappa shape index (κ2) is 7.92. The smallest absolute Gasteiger partial charge is 0.253 e. The Morgan fingerprint density at radius 1 is 1.36 bits per heavy atom. The Hall–Kier alpha value is -2.00. The highest BCUT2D eigenvalue weighted by molar-refractivity contribution is 7.99. The molecule has 3 aromatic heterocycles. The third-order valence-electron chi connectivity index (χ3n) is 3.82. The largest absolute Gasteiger partial charge is 0.301 e. The molecule has 1 amide bonds. The highest BCUT2D eigenvalue weighted by Crippen LogP contribution is 2.20. The van der Waals surface area contributed by atoms with E-state index in [0.717, 1.165) is 30.7 Å². The predicted molar refractivity (Wildman–Crippen MR) is 100 cm³/mol. The Bertz CT molecular complexity index is 875. The molecule has 25 heavy (non-hydrogen) atoms. The molecule has 0 saturated carbocycles. The van der Waals surface area contributed by atoms with Crippen LogP contribution in [0.4, 0.5) is 5.13 Å². The number of hydrogen-bond donors (Lipinski definition) is 1. The minimum Gasteiger partial charge on any atom is -0.301 e. The summed E-state index contributed by atoms with van der Waals surface area (Å²) in [7, 11) is 0. The number of fused-ring (bicyclic) bond motifs is 1. The minimum atomic E-state index is -0.122. The molecule has 0 aromatic carbocycles. The van der Waals surface area contributed by atoms with Gasteiger partial charge in [-0.1, -0.05) is 25.1 Å². The third kappa shape index (κ3) is 4.16. The maximum absolute atomic E-state index is 11.9. The molecule has 3 aromatic rings. The van der Waals surface area contributed by atoms with Crippen molar-refractivity contribution in [2.45, 2.75) is 45.2 Å². The number of unbranched alkanes of at least 4 members (excludes halogenated alkanes) is 1. The maximum Gasteiger partial charge on any atom is 0.253 e. The van der Waals surface area contributed by atoms with E-state index in [2.05, 4.69) is 32.3 Å². The van der Waals surface area contributed by atoms with Gasteiger partial charge >= 0.3 is 0 Å². The fraction of sp³-hybridized carbons (Fsp3) is 0.438. The molecule has 3 heterocycles. The monoisotopic (exact) mass is 376 g/mol. The fourth-order valence-electron chi connectivity index (χ4n) is 2.54. The van der Waals surface area contributed by atoms with Crippen LogP contribution in [0.5, 0.6) is 0 Å². The Morgan fingerprint density at radius 3 is 2.92 bits per heavy atom. The lowest BCUT2D eigenvalue weighted by molar-refractivity contribution is -0.113. The molecule has 0 aliphatic carbocycles. The van der Waals surface area contributed by atoms with Gasteiger partial charge in [0.2, 0.25) is 11.1 Å². The molecule has 0 unspecified atom stereocenters. The van der Waals surface area contributed by atoms with Crippen molar-refractivity contribution in [3.05, 3.63) is 28.5 Å². The van der Waals surface area contributed by atoms with Crippen molar-refractivity contribution < 1.29 is 4.79 Å². The van der Waals surface area contributed by atoms with E-state index in [1.807, 2.05) is 19.2 Å². The summed E-state index contributed by atoms with van der Waals surface area (Å²) in [5.74, 6) is 0.693. The molecule has 9 heteroatoms. The Balaban J connectivity index is 1.72. The van der Waals surface area contributed by atoms with Crippen LogP contribution in [0.25, 0.3) is 5.78 Å². The highest BCUT2D eigenvalue weighted by atomic mass is 32.2. The number of nitrogens with one attached hydrogen (secondary N) is 1. The van der Waals surface area contributed by atoms with Gasteiger partial charge in [0.1, 0.15) is 0 Å². The van der Waals surface area contributed by atoms with Crippen molar-refractivity contribution in [1.82, 2.24) is 24.6 Å². The van der Waals surface area contributed by atoms with E-state index in [4.69, 9.17) is 0 Å². The number of rotatable bonds is 7. The average Bonchev–Trinajstić information content (AvgIpc) is 3.22. The summed E-state index contributed by atoms with van der Waals surface area (Å²) in [6.45, 7) is 6.24. The van der Waals surface area contributed by atoms with Crippen LogP contribution in [0.1, 0.15) is 36.7 Å². The molecule has 1 N–H and O–H groups in total. The molecule has 0 aliphatic rings. The quantitative estimate of drug-likeness (QED) is 0.637. The molecule has 3 rings (SSSR count). The van der Waals surface area contributed by atoms with Crippen molar-refractivity contribution in [3.63, 3.8) is 0 Å². The molecule has 7 nitrogen and oxygen atoms in total. The Labute approximate surface area is 154 Å². The number of amides is 1. The Kier molecular flexibility index (Phi) is 5.64. The number of carbonyl (C=O) groups excluding carboxylic acids is 1. The summed E-state index contributed by atoms with van der Waals surface area (Å²) in [5.41, 5.74) is 3.31. The van der Waals surface area contributed by atoms with Crippen LogP contribution in [-0.4, -0.2) is 36.2 Å². The van der Waals surface area contributed by atoms with E-state index in [0.29, 0.717) is 16.1 Å². The van der Waals surface area contributed by atoms with Crippen LogP contribution < -0.4 is 5.32 Å². The van der Waals surface area contributed by atoms with Crippen molar-refractivity contribution in [3.8, 4) is 0 Å². The van der Waals surface area contributed by atoms with Crippen molar-refractivity contribution in [1.29, 1.82) is 0 Å². The second-order valence-corrected chi connectivity index (χ2v) is 7.48. The number of anilines is 1. The predicted octanol–water partition coefficient (Wildman–Crippen LogP) is 3.27. The molecule has 0 saturated heterocycles. The zero-order valence-corrected chi connectivity index (χ0v) is 16.1. The lowest BCUT2D eigenvalue weighted by Gasteiger charge is -2.09. The summed E-state index contributed by atoms with van der Waals surface area (Å²) >= 11 is 2.69. The maximum atomic E-state index is 11.9. The topological polar surface area (TPSA) is 85.1 Å². The highest BCUT2D eigenvalue weighted by Gasteiger charge is 2.14. The zero-order valence-electron chi connectivity index (χ0n) is 14.4. The van der Waals surface area contributed by atoms with Gasteiger partial charge in [-0.15, -0.1) is 16.4 Å². The van der Waals surface area contributed by atoms with Crippen molar-refractivity contribution >= 4 is 39.9 Å². The lowest BCUT2D eigenvalue weighted by atomic mass is 10.1. The molecule has 0 atom stereocenters. The summed E-state index contributed by atoms with van der Waals surface area (Å²) < 4.78 is 1.78. The van der Waals surface area contributed by atoms with Crippen molar-refractivity contribution in [2.75, 3.05) is 11.1 Å². The van der Waals surface area contributed by atoms with E-state index in [1.165, 1.54) is 28.7 Å². The summed E-state index contributed by atoms with van der Waals surface area (Å²) in [5, 5.41) is 10.2. The van der Waals surface area contributed by atoms with Gasteiger partial charge in [-0.3, -0.25) is 4.79 Å². The molecule has 0 aliphatic heterocycles. The van der Waals surface area contributed by atoms with Crippen LogP contribution in [0, 0.1) is 13.8 Å². The van der Waals surface area contributed by atoms with Gasteiger partial charge in [-0.25, -0.2) is 14.5 Å². The van der Waals surface area contributed by atoms with Crippen LogP contribution in [-0.2, 0) is 11.2 Å². The number of aromatic nitrogens is 5. The van der Waals surface area contributed by atoms with Gasteiger partial charge in [0, 0.05) is 23.0 Å². The van der Waals surface area contributed by atoms with Gasteiger partial charge in [-0.05, 0) is 32.3 Å². The van der Waals surface area contributed by atoms with E-state index in [1.54, 1.807) is 10.7 Å². The van der Waals surface area contributed by atoms with E-state index < -0.39 is 0 Å². The molecule has 132 valence electrons. The fourth-order valence-corrected chi connectivity index (χ4v) is 3.70. The molecule has 0 bridgehead atoms. The first-order valence-corrected chi connectivity index (χ1v) is 10.00. The van der Waals surface area contributed by atoms with E-state index >= 15 is 0 Å². The standard InChI is InChI=1S/C16H20N6OS2/c1-4-5-6-12-10(2)18-14-20-16(21-22(14)11(12)3)25-9-13(23)19-15-17-7-8-24-15/h7-8H,4-6,9H2,1-3H3,(H,17,19,23). The first-order valence-electron chi connectivity index (χ1n) is 8.13. The number of aryl methyl sites for hydroxylation is 2. The van der Waals surface area contributed by atoms with Crippen LogP contribution >= 0.6 is 23.1 Å². The molecular weight excluding hydrogens is 356 g/mol. The van der Waals surface area contributed by atoms with E-state index in [9.17, 15) is 4.79 Å². The molecule has 0 spiro atoms. The SMILES string of the molecule is CCCCc1c(C)nc2nc(SCC(=O)Nc3nccs3)nn2c1C. The number of carbonyl (C=O) groups is 1.